The van der Waals surface area contributed by atoms with Gasteiger partial charge in [-0.3, -0.25) is 4.79 Å². The van der Waals surface area contributed by atoms with E-state index in [9.17, 15) is 14.7 Å². The van der Waals surface area contributed by atoms with Crippen LogP contribution in [-0.4, -0.2) is 23.1 Å². The number of carbonyl (C=O) groups is 2. The molecule has 0 spiro atoms. The average molecular weight is 487 g/mol. The van der Waals surface area contributed by atoms with E-state index in [1.54, 1.807) is 18.2 Å². The van der Waals surface area contributed by atoms with Crippen LogP contribution in [0.25, 0.3) is 21.8 Å². The molecule has 36 heavy (non-hydrogen) atoms. The summed E-state index contributed by atoms with van der Waals surface area (Å²) in [6.07, 6.45) is 0.792. The fraction of sp³-hybridized carbons (Fsp3) is 0.103. The third-order valence-electron chi connectivity index (χ3n) is 6.17. The van der Waals surface area contributed by atoms with E-state index < -0.39 is 18.5 Å². The molecule has 0 saturated heterocycles. The molecule has 7 heteroatoms. The van der Waals surface area contributed by atoms with Gasteiger partial charge in [-0.2, -0.15) is 0 Å². The van der Waals surface area contributed by atoms with E-state index in [2.05, 4.69) is 28.8 Å². The van der Waals surface area contributed by atoms with Crippen molar-refractivity contribution >= 4 is 33.7 Å². The van der Waals surface area contributed by atoms with E-state index in [0.717, 1.165) is 23.0 Å². The number of primary amides is 1. The minimum atomic E-state index is -1.32. The summed E-state index contributed by atoms with van der Waals surface area (Å²) in [5.74, 6) is -1.52. The minimum absolute atomic E-state index is 0. The van der Waals surface area contributed by atoms with Crippen LogP contribution in [0, 0.1) is 0 Å². The number of hydrogen-bond acceptors (Lipinski definition) is 4. The molecular weight excluding hydrogens is 463 g/mol. The second kappa shape index (κ2) is 11.0. The van der Waals surface area contributed by atoms with E-state index in [-0.39, 0.29) is 29.6 Å². The van der Waals surface area contributed by atoms with Crippen LogP contribution >= 0.6 is 0 Å². The number of hydrogen-bond donors (Lipinski definition) is 1. The van der Waals surface area contributed by atoms with Crippen molar-refractivity contribution in [2.24, 2.45) is 5.73 Å². The van der Waals surface area contributed by atoms with Gasteiger partial charge in [0, 0.05) is 17.5 Å². The summed E-state index contributed by atoms with van der Waals surface area (Å²) in [5.41, 5.74) is 11.3. The molecule has 5 rings (SSSR count). The first-order valence-electron chi connectivity index (χ1n) is 11.3. The smallest absolute Gasteiger partial charge is 0.546 e. The van der Waals surface area contributed by atoms with Gasteiger partial charge in [-0.05, 0) is 47.4 Å². The van der Waals surface area contributed by atoms with Gasteiger partial charge in [0.1, 0.15) is 12.4 Å². The quantitative estimate of drug-likeness (QED) is 0.326. The van der Waals surface area contributed by atoms with Gasteiger partial charge in [0.15, 0.2) is 0 Å². The molecule has 5 aromatic rings. The van der Waals surface area contributed by atoms with Crippen molar-refractivity contribution in [3.8, 4) is 5.75 Å². The molecule has 1 aromatic heterocycles. The van der Waals surface area contributed by atoms with Crippen molar-refractivity contribution in [1.29, 1.82) is 0 Å². The third-order valence-corrected chi connectivity index (χ3v) is 6.17. The molecule has 2 N–H and O–H groups in total. The molecule has 6 nitrogen and oxygen atoms in total. The summed E-state index contributed by atoms with van der Waals surface area (Å²) < 4.78 is 7.68. The second-order valence-electron chi connectivity index (χ2n) is 8.39. The van der Waals surface area contributed by atoms with Crippen molar-refractivity contribution in [3.63, 3.8) is 0 Å². The Bertz CT molecular complexity index is 1560. The van der Waals surface area contributed by atoms with Crippen molar-refractivity contribution in [2.75, 3.05) is 6.61 Å². The van der Waals surface area contributed by atoms with Gasteiger partial charge in [0.2, 0.25) is 5.91 Å². The Morgan fingerprint density at radius 1 is 0.778 bits per heavy atom. The molecular formula is C29H23N2NaO4. The van der Waals surface area contributed by atoms with Crippen LogP contribution in [0.5, 0.6) is 5.75 Å². The van der Waals surface area contributed by atoms with Crippen LogP contribution in [-0.2, 0) is 17.8 Å². The fourth-order valence-electron chi connectivity index (χ4n) is 4.66. The van der Waals surface area contributed by atoms with Crippen LogP contribution in [0.2, 0.25) is 0 Å². The van der Waals surface area contributed by atoms with Gasteiger partial charge in [0.05, 0.1) is 22.4 Å². The number of ether oxygens (including phenoxy) is 1. The topological polar surface area (TPSA) is 97.4 Å². The Hall–Kier alpha value is -3.58. The van der Waals surface area contributed by atoms with Gasteiger partial charge in [-0.25, -0.2) is 0 Å². The zero-order valence-electron chi connectivity index (χ0n) is 19.9. The van der Waals surface area contributed by atoms with Crippen LogP contribution < -0.4 is 45.1 Å². The van der Waals surface area contributed by atoms with E-state index in [0.29, 0.717) is 28.6 Å². The van der Waals surface area contributed by atoms with Crippen molar-refractivity contribution in [3.05, 3.63) is 113 Å². The van der Waals surface area contributed by atoms with E-state index >= 15 is 0 Å². The summed E-state index contributed by atoms with van der Waals surface area (Å²) in [4.78, 5) is 23.4. The summed E-state index contributed by atoms with van der Waals surface area (Å²) >= 11 is 0. The normalized spacial score (nSPS) is 10.8. The second-order valence-corrected chi connectivity index (χ2v) is 8.39. The largest absolute Gasteiger partial charge is 1.00 e. The zero-order chi connectivity index (χ0) is 24.4. The van der Waals surface area contributed by atoms with Crippen LogP contribution in [0.3, 0.4) is 0 Å². The summed E-state index contributed by atoms with van der Waals surface area (Å²) in [6.45, 7) is -0.0421. The molecule has 0 saturated carbocycles. The monoisotopic (exact) mass is 486 g/mol. The molecule has 0 atom stereocenters. The van der Waals surface area contributed by atoms with Crippen molar-refractivity contribution in [1.82, 2.24) is 4.57 Å². The summed E-state index contributed by atoms with van der Waals surface area (Å²) in [6, 6.07) is 29.4. The number of aromatic nitrogens is 1. The molecule has 4 aromatic carbocycles. The van der Waals surface area contributed by atoms with Gasteiger partial charge in [0.25, 0.3) is 0 Å². The Kier molecular flexibility index (Phi) is 7.79. The van der Waals surface area contributed by atoms with Crippen LogP contribution in [0.1, 0.15) is 27.0 Å². The number of nitrogens with zero attached hydrogens (tertiary/aromatic N) is 1. The van der Waals surface area contributed by atoms with Crippen molar-refractivity contribution in [2.45, 2.75) is 13.0 Å². The molecule has 0 aliphatic rings. The number of fused-ring (bicyclic) bond motifs is 3. The number of rotatable bonds is 8. The predicted octanol–water partition coefficient (Wildman–Crippen LogP) is 0.665. The molecule has 1 amide bonds. The standard InChI is InChI=1S/C29H24N2O4.Na/c30-29(34)22-12-6-13-23-27(22)28-24(14-7-15-25(28)35-18-26(32)33)31(23)17-21-11-5-4-10-20(21)16-19-8-2-1-3-9-19;/h1-15H,16-18H2,(H2,30,34)(H,32,33);/q;+1/p-1. The van der Waals surface area contributed by atoms with Crippen LogP contribution in [0.4, 0.5) is 0 Å². The maximum atomic E-state index is 12.3. The maximum absolute atomic E-state index is 12.3. The Morgan fingerprint density at radius 2 is 1.42 bits per heavy atom. The number of carboxylic acids is 1. The predicted molar refractivity (Wildman–Crippen MR) is 133 cm³/mol. The molecule has 0 radical (unpaired) electrons. The zero-order valence-corrected chi connectivity index (χ0v) is 21.9. The number of aliphatic carboxylic acids is 1. The van der Waals surface area contributed by atoms with Crippen LogP contribution in [0.15, 0.2) is 91.0 Å². The van der Waals surface area contributed by atoms with E-state index in [1.165, 1.54) is 11.1 Å². The minimum Gasteiger partial charge on any atom is -0.546 e. The number of benzene rings is 4. The maximum Gasteiger partial charge on any atom is 1.00 e. The first kappa shape index (κ1) is 25.5. The molecule has 0 unspecified atom stereocenters. The van der Waals surface area contributed by atoms with Gasteiger partial charge < -0.3 is 24.9 Å². The third kappa shape index (κ3) is 5.02. The van der Waals surface area contributed by atoms with E-state index in [1.807, 2.05) is 48.5 Å². The first-order valence-corrected chi connectivity index (χ1v) is 11.3. The number of carbonyl (C=O) groups excluding carboxylic acids is 2. The molecule has 0 aliphatic carbocycles. The van der Waals surface area contributed by atoms with Gasteiger partial charge in [-0.15, -0.1) is 0 Å². The Balaban J connectivity index is 0.00000304. The Labute approximate surface area is 230 Å². The first-order chi connectivity index (χ1) is 17.0. The average Bonchev–Trinajstić information content (AvgIpc) is 3.18. The SMILES string of the molecule is NC(=O)c1cccc2c1c1c(OCC(=O)[O-])cccc1n2Cc1ccccc1Cc1ccccc1.[Na+]. The molecule has 174 valence electrons. The number of amides is 1. The van der Waals surface area contributed by atoms with Gasteiger partial charge in [-0.1, -0.05) is 66.7 Å². The summed E-state index contributed by atoms with van der Waals surface area (Å²) in [7, 11) is 0. The fourth-order valence-corrected chi connectivity index (χ4v) is 4.66. The molecule has 0 bridgehead atoms. The number of nitrogens with two attached hydrogens (primary N) is 1. The Morgan fingerprint density at radius 3 is 2.11 bits per heavy atom. The molecule has 0 fully saturated rings. The van der Waals surface area contributed by atoms with E-state index in [4.69, 9.17) is 10.5 Å². The molecule has 1 heterocycles. The molecule has 0 aliphatic heterocycles. The van der Waals surface area contributed by atoms with Crippen molar-refractivity contribution < 1.29 is 49.0 Å². The van der Waals surface area contributed by atoms with Gasteiger partial charge >= 0.3 is 29.6 Å². The number of carboxylic acid groups (broad SMARTS) is 1. The summed E-state index contributed by atoms with van der Waals surface area (Å²) in [5, 5.41) is 12.4.